The summed E-state index contributed by atoms with van der Waals surface area (Å²) in [7, 11) is 0. The number of halogens is 3. The van der Waals surface area contributed by atoms with Gasteiger partial charge in [-0.3, -0.25) is 4.79 Å². The number of amides is 1. The second-order valence-electron chi connectivity index (χ2n) is 4.23. The molecule has 4 nitrogen and oxygen atoms in total. The van der Waals surface area contributed by atoms with Gasteiger partial charge in [0.1, 0.15) is 11.6 Å². The number of hydrogen-bond donors (Lipinski definition) is 1. The second kappa shape index (κ2) is 7.00. The lowest BCUT2D eigenvalue weighted by Crippen LogP contribution is -2.21. The van der Waals surface area contributed by atoms with Crippen LogP contribution in [0.3, 0.4) is 0 Å². The van der Waals surface area contributed by atoms with Crippen LogP contribution in [-0.2, 0) is 9.53 Å². The van der Waals surface area contributed by atoms with Crippen molar-refractivity contribution in [3.05, 3.63) is 64.7 Å². The van der Waals surface area contributed by atoms with E-state index in [4.69, 9.17) is 16.3 Å². The number of ether oxygens (including phenoxy) is 1. The number of hydrogen-bond acceptors (Lipinski definition) is 3. The third-order valence-electron chi connectivity index (χ3n) is 2.63. The Morgan fingerprint density at radius 1 is 1.09 bits per heavy atom. The van der Waals surface area contributed by atoms with Crippen LogP contribution >= 0.6 is 11.6 Å². The Hall–Kier alpha value is -2.47. The maximum Gasteiger partial charge on any atom is 0.341 e. The number of carbonyl (C=O) groups is 2. The average Bonchev–Trinajstić information content (AvgIpc) is 2.49. The van der Waals surface area contributed by atoms with E-state index in [1.807, 2.05) is 0 Å². The van der Waals surface area contributed by atoms with E-state index < -0.39 is 30.1 Å². The maximum absolute atomic E-state index is 13.3. The van der Waals surface area contributed by atoms with Gasteiger partial charge < -0.3 is 10.1 Å². The zero-order valence-electron chi connectivity index (χ0n) is 11.1. The van der Waals surface area contributed by atoms with E-state index in [1.165, 1.54) is 30.3 Å². The molecule has 0 radical (unpaired) electrons. The number of carbonyl (C=O) groups excluding carboxylic acids is 2. The van der Waals surface area contributed by atoms with Crippen LogP contribution in [0.2, 0.25) is 5.02 Å². The predicted octanol–water partition coefficient (Wildman–Crippen LogP) is 3.41. The van der Waals surface area contributed by atoms with Gasteiger partial charge in [-0.25, -0.2) is 13.6 Å². The summed E-state index contributed by atoms with van der Waals surface area (Å²) in [6, 6.07) is 8.86. The van der Waals surface area contributed by atoms with Gasteiger partial charge in [-0.15, -0.1) is 0 Å². The van der Waals surface area contributed by atoms with Crippen molar-refractivity contribution in [2.24, 2.45) is 0 Å². The highest BCUT2D eigenvalue weighted by Crippen LogP contribution is 2.19. The molecule has 0 heterocycles. The van der Waals surface area contributed by atoms with Crippen LogP contribution < -0.4 is 5.32 Å². The van der Waals surface area contributed by atoms with Crippen molar-refractivity contribution >= 4 is 29.2 Å². The fraction of sp³-hybridized carbons (Fsp3) is 0.0667. The number of anilines is 1. The van der Waals surface area contributed by atoms with E-state index in [0.29, 0.717) is 0 Å². The molecule has 114 valence electrons. The first-order valence-corrected chi connectivity index (χ1v) is 6.51. The third-order valence-corrected chi connectivity index (χ3v) is 2.92. The normalized spacial score (nSPS) is 10.1. The summed E-state index contributed by atoms with van der Waals surface area (Å²) in [6.45, 7) is -0.609. The molecular formula is C15H10ClF2NO3. The number of rotatable bonds is 4. The van der Waals surface area contributed by atoms with Gasteiger partial charge in [-0.1, -0.05) is 23.7 Å². The van der Waals surface area contributed by atoms with Crippen LogP contribution in [0.15, 0.2) is 42.5 Å². The molecule has 0 aliphatic rings. The highest BCUT2D eigenvalue weighted by molar-refractivity contribution is 6.31. The topological polar surface area (TPSA) is 55.4 Å². The molecule has 22 heavy (non-hydrogen) atoms. The van der Waals surface area contributed by atoms with Gasteiger partial charge in [0.05, 0.1) is 10.6 Å². The molecule has 0 unspecified atom stereocenters. The minimum Gasteiger partial charge on any atom is -0.452 e. The summed E-state index contributed by atoms with van der Waals surface area (Å²) in [5.74, 6) is -2.97. The first kappa shape index (κ1) is 15.9. The summed E-state index contributed by atoms with van der Waals surface area (Å²) >= 11 is 5.57. The zero-order chi connectivity index (χ0) is 16.1. The molecule has 0 saturated heterocycles. The minimum atomic E-state index is -0.953. The van der Waals surface area contributed by atoms with Crippen LogP contribution in [0.4, 0.5) is 14.5 Å². The Morgan fingerprint density at radius 2 is 1.82 bits per heavy atom. The molecule has 0 saturated carbocycles. The smallest absolute Gasteiger partial charge is 0.341 e. The predicted molar refractivity (Wildman–Crippen MR) is 76.7 cm³/mol. The zero-order valence-corrected chi connectivity index (χ0v) is 11.9. The van der Waals surface area contributed by atoms with E-state index >= 15 is 0 Å². The molecule has 7 heteroatoms. The number of nitrogens with one attached hydrogen (secondary N) is 1. The Kier molecular flexibility index (Phi) is 5.06. The Balaban J connectivity index is 1.91. The largest absolute Gasteiger partial charge is 0.452 e. The summed E-state index contributed by atoms with van der Waals surface area (Å²) in [5.41, 5.74) is -0.0153. The van der Waals surface area contributed by atoms with Crippen LogP contribution in [0.1, 0.15) is 10.4 Å². The first-order chi connectivity index (χ1) is 10.5. The lowest BCUT2D eigenvalue weighted by Gasteiger charge is -2.07. The van der Waals surface area contributed by atoms with E-state index in [1.54, 1.807) is 0 Å². The molecule has 1 amide bonds. The fourth-order valence-electron chi connectivity index (χ4n) is 1.61. The van der Waals surface area contributed by atoms with Crippen molar-refractivity contribution < 1.29 is 23.1 Å². The molecule has 0 fully saturated rings. The fourth-order valence-corrected chi connectivity index (χ4v) is 1.79. The molecule has 0 aromatic heterocycles. The molecule has 0 aliphatic heterocycles. The van der Waals surface area contributed by atoms with Gasteiger partial charge in [0.15, 0.2) is 6.61 Å². The summed E-state index contributed by atoms with van der Waals surface area (Å²) in [4.78, 5) is 23.2. The molecule has 1 N–H and O–H groups in total. The molecule has 2 aromatic rings. The van der Waals surface area contributed by atoms with Gasteiger partial charge in [0, 0.05) is 5.69 Å². The quantitative estimate of drug-likeness (QED) is 0.876. The SMILES string of the molecule is O=C(COC(=O)c1ccccc1F)Nc1ccc(F)c(Cl)c1. The van der Waals surface area contributed by atoms with Gasteiger partial charge in [0.25, 0.3) is 5.91 Å². The molecule has 0 bridgehead atoms. The lowest BCUT2D eigenvalue weighted by molar-refractivity contribution is -0.119. The molecule has 2 aromatic carbocycles. The van der Waals surface area contributed by atoms with Crippen molar-refractivity contribution in [2.75, 3.05) is 11.9 Å². The van der Waals surface area contributed by atoms with Crippen LogP contribution in [0.25, 0.3) is 0 Å². The minimum absolute atomic E-state index is 0.152. The summed E-state index contributed by atoms with van der Waals surface area (Å²) < 4.78 is 31.0. The first-order valence-electron chi connectivity index (χ1n) is 6.14. The summed E-state index contributed by atoms with van der Waals surface area (Å²) in [6.07, 6.45) is 0. The highest BCUT2D eigenvalue weighted by atomic mass is 35.5. The van der Waals surface area contributed by atoms with Gasteiger partial charge in [0.2, 0.25) is 0 Å². The molecule has 2 rings (SSSR count). The second-order valence-corrected chi connectivity index (χ2v) is 4.64. The van der Waals surface area contributed by atoms with E-state index in [0.717, 1.165) is 12.1 Å². The summed E-state index contributed by atoms with van der Waals surface area (Å²) in [5, 5.41) is 2.22. The standard InChI is InChI=1S/C15H10ClF2NO3/c16-11-7-9(5-6-13(11)18)19-14(20)8-22-15(21)10-3-1-2-4-12(10)17/h1-7H,8H2,(H,19,20). The molecule has 0 atom stereocenters. The van der Waals surface area contributed by atoms with Crippen molar-refractivity contribution in [1.82, 2.24) is 0 Å². The van der Waals surface area contributed by atoms with Crippen LogP contribution in [-0.4, -0.2) is 18.5 Å². The van der Waals surface area contributed by atoms with Crippen molar-refractivity contribution in [3.8, 4) is 0 Å². The van der Waals surface area contributed by atoms with E-state index in [9.17, 15) is 18.4 Å². The van der Waals surface area contributed by atoms with Gasteiger partial charge >= 0.3 is 5.97 Å². The molecular weight excluding hydrogens is 316 g/mol. The van der Waals surface area contributed by atoms with Crippen molar-refractivity contribution in [3.63, 3.8) is 0 Å². The van der Waals surface area contributed by atoms with E-state index in [-0.39, 0.29) is 16.3 Å². The third kappa shape index (κ3) is 4.02. The van der Waals surface area contributed by atoms with Crippen molar-refractivity contribution in [2.45, 2.75) is 0 Å². The maximum atomic E-state index is 13.3. The van der Waals surface area contributed by atoms with Gasteiger partial charge in [-0.05, 0) is 30.3 Å². The van der Waals surface area contributed by atoms with Crippen molar-refractivity contribution in [1.29, 1.82) is 0 Å². The Morgan fingerprint density at radius 3 is 2.50 bits per heavy atom. The highest BCUT2D eigenvalue weighted by Gasteiger charge is 2.14. The number of benzene rings is 2. The average molecular weight is 326 g/mol. The van der Waals surface area contributed by atoms with Crippen LogP contribution in [0.5, 0.6) is 0 Å². The van der Waals surface area contributed by atoms with Crippen LogP contribution in [0, 0.1) is 11.6 Å². The number of esters is 1. The Bertz CT molecular complexity index is 722. The van der Waals surface area contributed by atoms with Gasteiger partial charge in [-0.2, -0.15) is 0 Å². The lowest BCUT2D eigenvalue weighted by atomic mass is 10.2. The molecule has 0 aliphatic carbocycles. The monoisotopic (exact) mass is 325 g/mol. The van der Waals surface area contributed by atoms with E-state index in [2.05, 4.69) is 5.32 Å². The Labute approximate surface area is 129 Å². The molecule has 0 spiro atoms.